The molecule has 3 aromatic rings. The predicted molar refractivity (Wildman–Crippen MR) is 183 cm³/mol. The number of esters is 2. The minimum Gasteiger partial charge on any atom is -0.493 e. The molecule has 8 nitrogen and oxygen atoms in total. The highest BCUT2D eigenvalue weighted by atomic mass is 16.5. The molecule has 1 saturated heterocycles. The van der Waals surface area contributed by atoms with Crippen molar-refractivity contribution in [3.05, 3.63) is 94.0 Å². The van der Waals surface area contributed by atoms with Crippen LogP contribution in [0.1, 0.15) is 95.3 Å². The van der Waals surface area contributed by atoms with Crippen LogP contribution in [0.4, 0.5) is 0 Å². The first-order chi connectivity index (χ1) is 22.9. The number of hydrogen-bond donors (Lipinski definition) is 1. The second-order valence-electron chi connectivity index (χ2n) is 12.4. The van der Waals surface area contributed by atoms with Gasteiger partial charge in [-0.05, 0) is 104 Å². The fourth-order valence-corrected chi connectivity index (χ4v) is 5.45. The number of aryl methyl sites for hydroxylation is 2. The zero-order chi connectivity index (χ0) is 33.5. The number of hydrogen-bond acceptors (Lipinski definition) is 8. The number of unbranched alkanes of at least 4 members (excludes halogenated alkanes) is 3. The number of rotatable bonds is 20. The van der Waals surface area contributed by atoms with E-state index < -0.39 is 5.97 Å². The zero-order valence-corrected chi connectivity index (χ0v) is 28.1. The van der Waals surface area contributed by atoms with Gasteiger partial charge in [0.1, 0.15) is 11.5 Å². The van der Waals surface area contributed by atoms with Crippen LogP contribution in [-0.2, 0) is 27.1 Å². The second kappa shape index (κ2) is 18.4. The molecule has 0 unspecified atom stereocenters. The Morgan fingerprint density at radius 2 is 1.60 bits per heavy atom. The van der Waals surface area contributed by atoms with Crippen molar-refractivity contribution in [3.63, 3.8) is 0 Å². The maximum absolute atomic E-state index is 12.9. The number of nitrogens with one attached hydrogen (secondary N) is 1. The van der Waals surface area contributed by atoms with Crippen LogP contribution >= 0.6 is 0 Å². The lowest BCUT2D eigenvalue weighted by molar-refractivity contribution is -0.150. The lowest BCUT2D eigenvalue weighted by Crippen LogP contribution is -2.45. The number of benzene rings is 3. The van der Waals surface area contributed by atoms with E-state index in [2.05, 4.69) is 13.8 Å². The maximum atomic E-state index is 12.9. The van der Waals surface area contributed by atoms with Crippen LogP contribution in [-0.4, -0.2) is 57.8 Å². The molecule has 8 heteroatoms. The van der Waals surface area contributed by atoms with Crippen molar-refractivity contribution in [3.8, 4) is 11.5 Å². The van der Waals surface area contributed by atoms with Gasteiger partial charge in [0.25, 0.3) is 0 Å². The third-order valence-electron chi connectivity index (χ3n) is 8.64. The molecule has 0 radical (unpaired) electrons. The summed E-state index contributed by atoms with van der Waals surface area (Å²) < 4.78 is 28.3. The summed E-state index contributed by atoms with van der Waals surface area (Å²) in [7, 11) is 0. The molecule has 1 fully saturated rings. The fourth-order valence-electron chi connectivity index (χ4n) is 5.45. The van der Waals surface area contributed by atoms with E-state index >= 15 is 0 Å². The van der Waals surface area contributed by atoms with Gasteiger partial charge in [-0.25, -0.2) is 9.59 Å². The molecule has 0 atom stereocenters. The van der Waals surface area contributed by atoms with Gasteiger partial charge < -0.3 is 29.1 Å². The van der Waals surface area contributed by atoms with E-state index in [0.29, 0.717) is 35.5 Å². The molecule has 0 aliphatic carbocycles. The van der Waals surface area contributed by atoms with Crippen molar-refractivity contribution in [2.24, 2.45) is 5.41 Å². The molecular weight excluding hydrogens is 594 g/mol. The Morgan fingerprint density at radius 1 is 0.851 bits per heavy atom. The minimum atomic E-state index is -0.487. The maximum Gasteiger partial charge on any atom is 0.343 e. The summed E-state index contributed by atoms with van der Waals surface area (Å²) in [5, 5.41) is 7.85. The average Bonchev–Trinajstić information content (AvgIpc) is 3.06. The van der Waals surface area contributed by atoms with Gasteiger partial charge in [-0.2, -0.15) is 0 Å². The normalized spacial score (nSPS) is 13.4. The van der Waals surface area contributed by atoms with Crippen molar-refractivity contribution in [1.29, 1.82) is 5.41 Å². The molecule has 0 amide bonds. The summed E-state index contributed by atoms with van der Waals surface area (Å²) in [6.45, 7) is 10.2. The van der Waals surface area contributed by atoms with Crippen molar-refractivity contribution in [2.45, 2.75) is 72.1 Å². The topological polar surface area (TPSA) is 104 Å². The van der Waals surface area contributed by atoms with E-state index in [1.807, 2.05) is 19.1 Å². The highest BCUT2D eigenvalue weighted by molar-refractivity contribution is 5.92. The van der Waals surface area contributed by atoms with Gasteiger partial charge >= 0.3 is 11.9 Å². The lowest BCUT2D eigenvalue weighted by atomic mass is 9.84. The minimum absolute atomic E-state index is 0.175. The van der Waals surface area contributed by atoms with E-state index in [4.69, 9.17) is 29.1 Å². The van der Waals surface area contributed by atoms with Crippen LogP contribution < -0.4 is 9.47 Å². The van der Waals surface area contributed by atoms with Crippen LogP contribution in [0.25, 0.3) is 0 Å². The predicted octanol–water partition coefficient (Wildman–Crippen LogP) is 7.95. The van der Waals surface area contributed by atoms with E-state index in [1.165, 1.54) is 11.8 Å². The highest BCUT2D eigenvalue weighted by Gasteiger charge is 2.36. The van der Waals surface area contributed by atoms with Crippen LogP contribution in [0.5, 0.6) is 11.5 Å². The van der Waals surface area contributed by atoms with Gasteiger partial charge in [0.15, 0.2) is 0 Å². The summed E-state index contributed by atoms with van der Waals surface area (Å²) in [6.07, 6.45) is 8.94. The summed E-state index contributed by atoms with van der Waals surface area (Å²) in [5.41, 5.74) is 4.65. The molecule has 3 aromatic carbocycles. The first kappa shape index (κ1) is 35.8. The van der Waals surface area contributed by atoms with Gasteiger partial charge in [0.05, 0.1) is 44.2 Å². The molecule has 252 valence electrons. The molecule has 0 aromatic heterocycles. The van der Waals surface area contributed by atoms with Gasteiger partial charge in [-0.3, -0.25) is 0 Å². The summed E-state index contributed by atoms with van der Waals surface area (Å²) in [5.74, 6) is 0.229. The number of carbonyl (C=O) groups excluding carboxylic acids is 2. The van der Waals surface area contributed by atoms with Crippen LogP contribution in [0.2, 0.25) is 0 Å². The van der Waals surface area contributed by atoms with E-state index in [-0.39, 0.29) is 18.0 Å². The smallest absolute Gasteiger partial charge is 0.343 e. The first-order valence-corrected chi connectivity index (χ1v) is 16.9. The van der Waals surface area contributed by atoms with Gasteiger partial charge in [0, 0.05) is 24.7 Å². The Kier molecular flexibility index (Phi) is 14.0. The Morgan fingerprint density at radius 3 is 2.26 bits per heavy atom. The Labute approximate surface area is 279 Å². The average molecular weight is 644 g/mol. The molecule has 1 N–H and O–H groups in total. The Bertz CT molecular complexity index is 1460. The third kappa shape index (κ3) is 10.8. The number of carbonyl (C=O) groups is 2. The molecule has 47 heavy (non-hydrogen) atoms. The standard InChI is InChI=1S/C39H49NO7/c1-4-10-30-11-13-32(14-12-30)37(41)46-22-19-31-15-17-35(24-34(31)25-40)47-38(42)33-16-18-36(29(3)23-33)45-21-9-7-6-8-20-43-26-39(5-2)27-44-28-39/h11-18,23-25,40H,4-10,19-22,26-28H2,1-3H3. The second-order valence-corrected chi connectivity index (χ2v) is 12.4. The SMILES string of the molecule is CCCc1ccc(C(=O)OCCc2ccc(OC(=O)c3ccc(OCCCCCCOCC4(CC)COC4)c(C)c3)cc2C=N)cc1. The largest absolute Gasteiger partial charge is 0.493 e. The fraction of sp³-hybridized carbons (Fsp3) is 0.462. The Hall–Kier alpha value is -4.01. The molecule has 1 aliphatic rings. The molecular formula is C39H49NO7. The van der Waals surface area contributed by atoms with E-state index in [9.17, 15) is 9.59 Å². The van der Waals surface area contributed by atoms with E-state index in [0.717, 1.165) is 88.2 Å². The Balaban J connectivity index is 1.16. The molecule has 0 saturated carbocycles. The van der Waals surface area contributed by atoms with Crippen LogP contribution in [0.3, 0.4) is 0 Å². The van der Waals surface area contributed by atoms with Gasteiger partial charge in [-0.1, -0.05) is 44.9 Å². The molecule has 0 spiro atoms. The van der Waals surface area contributed by atoms with Crippen LogP contribution in [0.15, 0.2) is 60.7 Å². The first-order valence-electron chi connectivity index (χ1n) is 16.9. The quantitative estimate of drug-likeness (QED) is 0.0577. The molecule has 1 aliphatic heterocycles. The van der Waals surface area contributed by atoms with Crippen molar-refractivity contribution in [2.75, 3.05) is 39.6 Å². The van der Waals surface area contributed by atoms with Gasteiger partial charge in [0.2, 0.25) is 0 Å². The molecule has 1 heterocycles. The van der Waals surface area contributed by atoms with Crippen molar-refractivity contribution >= 4 is 18.2 Å². The van der Waals surface area contributed by atoms with Gasteiger partial charge in [-0.15, -0.1) is 0 Å². The summed E-state index contributed by atoms with van der Waals surface area (Å²) in [4.78, 5) is 25.3. The van der Waals surface area contributed by atoms with Crippen molar-refractivity contribution in [1.82, 2.24) is 0 Å². The third-order valence-corrected chi connectivity index (χ3v) is 8.64. The van der Waals surface area contributed by atoms with E-state index in [1.54, 1.807) is 48.5 Å². The zero-order valence-electron chi connectivity index (χ0n) is 28.1. The summed E-state index contributed by atoms with van der Waals surface area (Å²) >= 11 is 0. The highest BCUT2D eigenvalue weighted by Crippen LogP contribution is 2.31. The molecule has 4 rings (SSSR count). The monoisotopic (exact) mass is 643 g/mol. The van der Waals surface area contributed by atoms with Crippen LogP contribution in [0, 0.1) is 17.7 Å². The summed E-state index contributed by atoms with van der Waals surface area (Å²) in [6, 6.07) is 17.9. The number of ether oxygens (including phenoxy) is 5. The molecule has 0 bridgehead atoms. The lowest BCUT2D eigenvalue weighted by Gasteiger charge is -2.40. The van der Waals surface area contributed by atoms with Crippen molar-refractivity contribution < 1.29 is 33.3 Å².